The first kappa shape index (κ1) is 22.5. The van der Waals surface area contributed by atoms with Crippen LogP contribution in [0.15, 0.2) is 100 Å². The number of rotatable bonds is 3. The van der Waals surface area contributed by atoms with Crippen LogP contribution in [0.1, 0.15) is 53.1 Å². The van der Waals surface area contributed by atoms with E-state index in [2.05, 4.69) is 90.9 Å². The topological polar surface area (TPSA) is 15.6 Å². The molecule has 0 bridgehead atoms. The van der Waals surface area contributed by atoms with E-state index in [4.69, 9.17) is 16.6 Å². The summed E-state index contributed by atoms with van der Waals surface area (Å²) >= 11 is 7.92. The third-order valence-corrected chi connectivity index (χ3v) is 8.08. The summed E-state index contributed by atoms with van der Waals surface area (Å²) in [5.74, 6) is 0. The second-order valence-electron chi connectivity index (χ2n) is 9.51. The standard InChI is InChI=1S/C31H27ClN2S/c1-20-6-10-22(11-7-20)18-25-4-3-5-27-29(25)33-31-34(30(27)24-12-8-21(2)9-13-24)28(19-35-31)23-14-16-26(32)17-15-23/h6-19,30H,3-5H2,1-2H3/b25-18+/t30-/m1/s1. The highest BCUT2D eigenvalue weighted by molar-refractivity contribution is 8.16. The molecule has 174 valence electrons. The molecule has 0 saturated carbocycles. The van der Waals surface area contributed by atoms with Crippen molar-refractivity contribution in [2.45, 2.75) is 39.2 Å². The number of allylic oxidation sites excluding steroid dienone is 1. The number of benzene rings is 3. The number of thioether (sulfide) groups is 1. The van der Waals surface area contributed by atoms with Crippen molar-refractivity contribution < 1.29 is 0 Å². The van der Waals surface area contributed by atoms with Crippen LogP contribution < -0.4 is 0 Å². The van der Waals surface area contributed by atoms with Crippen molar-refractivity contribution in [2.24, 2.45) is 4.99 Å². The van der Waals surface area contributed by atoms with Gasteiger partial charge < -0.3 is 4.90 Å². The van der Waals surface area contributed by atoms with Gasteiger partial charge in [-0.3, -0.25) is 0 Å². The van der Waals surface area contributed by atoms with Gasteiger partial charge in [0.05, 0.1) is 17.4 Å². The average molecular weight is 495 g/mol. The lowest BCUT2D eigenvalue weighted by molar-refractivity contribution is 0.458. The molecule has 0 aromatic heterocycles. The first-order valence-electron chi connectivity index (χ1n) is 12.1. The Morgan fingerprint density at radius 2 is 1.57 bits per heavy atom. The molecular formula is C31H27ClN2S. The van der Waals surface area contributed by atoms with Crippen molar-refractivity contribution >= 4 is 40.3 Å². The third kappa shape index (κ3) is 4.28. The molecule has 0 amide bonds. The summed E-state index contributed by atoms with van der Waals surface area (Å²) in [6.45, 7) is 4.28. The summed E-state index contributed by atoms with van der Waals surface area (Å²) in [6.07, 6.45) is 5.61. The Bertz CT molecular complexity index is 1390. The highest BCUT2D eigenvalue weighted by atomic mass is 35.5. The van der Waals surface area contributed by atoms with Crippen molar-refractivity contribution in [1.29, 1.82) is 0 Å². The molecule has 0 radical (unpaired) electrons. The maximum atomic E-state index is 6.20. The SMILES string of the molecule is Cc1ccc(/C=C2\CCCC3=C2N=C2SC=C(c4ccc(Cl)cc4)N2[C@@H]3c2ccc(C)cc2)cc1. The number of hydrogen-bond acceptors (Lipinski definition) is 3. The van der Waals surface area contributed by atoms with Crippen molar-refractivity contribution in [3.8, 4) is 0 Å². The van der Waals surface area contributed by atoms with E-state index in [-0.39, 0.29) is 6.04 Å². The molecule has 0 spiro atoms. The Morgan fingerprint density at radius 3 is 2.29 bits per heavy atom. The molecule has 2 heterocycles. The summed E-state index contributed by atoms with van der Waals surface area (Å²) in [5.41, 5.74) is 11.4. The number of aliphatic imine (C=N–C) groups is 1. The second-order valence-corrected chi connectivity index (χ2v) is 10.8. The van der Waals surface area contributed by atoms with Crippen molar-refractivity contribution in [3.63, 3.8) is 0 Å². The normalized spacial score (nSPS) is 20.5. The van der Waals surface area contributed by atoms with Gasteiger partial charge in [-0.25, -0.2) is 4.99 Å². The van der Waals surface area contributed by atoms with Crippen molar-refractivity contribution in [3.05, 3.63) is 128 Å². The van der Waals surface area contributed by atoms with Crippen LogP contribution in [0.25, 0.3) is 11.8 Å². The molecule has 0 saturated heterocycles. The number of aryl methyl sites for hydroxylation is 2. The second kappa shape index (κ2) is 9.22. The Morgan fingerprint density at radius 1 is 0.886 bits per heavy atom. The molecule has 6 rings (SSSR count). The smallest absolute Gasteiger partial charge is 0.174 e. The molecule has 1 aliphatic carbocycles. The lowest BCUT2D eigenvalue weighted by Gasteiger charge is -2.40. The lowest BCUT2D eigenvalue weighted by Crippen LogP contribution is -2.34. The number of nitrogens with zero attached hydrogens (tertiary/aromatic N) is 2. The Labute approximate surface area is 216 Å². The summed E-state index contributed by atoms with van der Waals surface area (Å²) < 4.78 is 0. The van der Waals surface area contributed by atoms with Gasteiger partial charge in [0, 0.05) is 10.4 Å². The molecule has 0 fully saturated rings. The molecule has 0 N–H and O–H groups in total. The summed E-state index contributed by atoms with van der Waals surface area (Å²) in [6, 6.07) is 26.1. The number of amidine groups is 1. The van der Waals surface area contributed by atoms with Crippen LogP contribution in [0.5, 0.6) is 0 Å². The van der Waals surface area contributed by atoms with Crippen LogP contribution >= 0.6 is 23.4 Å². The van der Waals surface area contributed by atoms with Gasteiger partial charge in [-0.05, 0) is 79.2 Å². The van der Waals surface area contributed by atoms with Gasteiger partial charge in [0.25, 0.3) is 0 Å². The van der Waals surface area contributed by atoms with Crippen LogP contribution in [0.4, 0.5) is 0 Å². The molecule has 3 aromatic rings. The minimum Gasteiger partial charge on any atom is -0.308 e. The zero-order valence-corrected chi connectivity index (χ0v) is 21.5. The van der Waals surface area contributed by atoms with E-state index in [0.29, 0.717) is 0 Å². The Hall–Kier alpha value is -3.01. The van der Waals surface area contributed by atoms with Gasteiger partial charge in [-0.15, -0.1) is 0 Å². The van der Waals surface area contributed by atoms with E-state index in [1.807, 2.05) is 12.1 Å². The van der Waals surface area contributed by atoms with E-state index < -0.39 is 0 Å². The zero-order valence-electron chi connectivity index (χ0n) is 20.0. The first-order valence-corrected chi connectivity index (χ1v) is 13.4. The highest BCUT2D eigenvalue weighted by Gasteiger charge is 2.40. The van der Waals surface area contributed by atoms with Gasteiger partial charge in [-0.1, -0.05) is 95.2 Å². The van der Waals surface area contributed by atoms with E-state index in [1.54, 1.807) is 11.8 Å². The van der Waals surface area contributed by atoms with Crippen LogP contribution in [-0.4, -0.2) is 10.1 Å². The lowest BCUT2D eigenvalue weighted by atomic mass is 9.82. The molecule has 3 aliphatic rings. The highest BCUT2D eigenvalue weighted by Crippen LogP contribution is 2.51. The minimum atomic E-state index is 0.136. The summed E-state index contributed by atoms with van der Waals surface area (Å²) in [4.78, 5) is 7.72. The molecule has 4 heteroatoms. The van der Waals surface area contributed by atoms with E-state index in [0.717, 1.165) is 29.5 Å². The van der Waals surface area contributed by atoms with Gasteiger partial charge >= 0.3 is 0 Å². The number of fused-ring (bicyclic) bond motifs is 1. The number of hydrogen-bond donors (Lipinski definition) is 0. The summed E-state index contributed by atoms with van der Waals surface area (Å²) in [7, 11) is 0. The fourth-order valence-electron chi connectivity index (χ4n) is 5.16. The monoisotopic (exact) mass is 494 g/mol. The predicted octanol–water partition coefficient (Wildman–Crippen LogP) is 8.94. The van der Waals surface area contributed by atoms with Gasteiger partial charge in [0.15, 0.2) is 5.17 Å². The predicted molar refractivity (Wildman–Crippen MR) is 150 cm³/mol. The van der Waals surface area contributed by atoms with Gasteiger partial charge in [0.1, 0.15) is 0 Å². The molecule has 35 heavy (non-hydrogen) atoms. The van der Waals surface area contributed by atoms with Crippen LogP contribution in [-0.2, 0) is 0 Å². The molecule has 1 atom stereocenters. The maximum absolute atomic E-state index is 6.20. The fourth-order valence-corrected chi connectivity index (χ4v) is 6.21. The Balaban J connectivity index is 1.48. The van der Waals surface area contributed by atoms with E-state index >= 15 is 0 Å². The van der Waals surface area contributed by atoms with Crippen LogP contribution in [0, 0.1) is 13.8 Å². The molecular weight excluding hydrogens is 468 g/mol. The molecule has 2 nitrogen and oxygen atoms in total. The summed E-state index contributed by atoms with van der Waals surface area (Å²) in [5, 5.41) is 4.05. The van der Waals surface area contributed by atoms with Crippen LogP contribution in [0.2, 0.25) is 5.02 Å². The molecule has 0 unspecified atom stereocenters. The fraction of sp³-hybridized carbons (Fsp3) is 0.194. The first-order chi connectivity index (χ1) is 17.1. The number of halogens is 1. The van der Waals surface area contributed by atoms with Crippen molar-refractivity contribution in [2.75, 3.05) is 0 Å². The van der Waals surface area contributed by atoms with E-state index in [9.17, 15) is 0 Å². The van der Waals surface area contributed by atoms with Crippen molar-refractivity contribution in [1.82, 2.24) is 4.90 Å². The minimum absolute atomic E-state index is 0.136. The third-order valence-electron chi connectivity index (χ3n) is 6.99. The van der Waals surface area contributed by atoms with Gasteiger partial charge in [-0.2, -0.15) is 0 Å². The average Bonchev–Trinajstić information content (AvgIpc) is 3.29. The van der Waals surface area contributed by atoms with Gasteiger partial charge in [0.2, 0.25) is 0 Å². The molecule has 3 aromatic carbocycles. The zero-order chi connectivity index (χ0) is 23.9. The maximum Gasteiger partial charge on any atom is 0.174 e. The van der Waals surface area contributed by atoms with E-state index in [1.165, 1.54) is 50.4 Å². The largest absolute Gasteiger partial charge is 0.308 e. The quantitative estimate of drug-likeness (QED) is 0.361. The Kier molecular flexibility index (Phi) is 5.91. The molecule has 2 aliphatic heterocycles. The van der Waals surface area contributed by atoms with Crippen LogP contribution in [0.3, 0.4) is 0 Å².